The summed E-state index contributed by atoms with van der Waals surface area (Å²) in [6.45, 7) is 2.28. The first-order chi connectivity index (χ1) is 7.19. The van der Waals surface area contributed by atoms with Crippen LogP contribution in [0, 0.1) is 12.7 Å². The molecule has 1 aromatic rings. The summed E-state index contributed by atoms with van der Waals surface area (Å²) < 4.78 is 18.3. The monoisotopic (exact) mass is 213 g/mol. The van der Waals surface area contributed by atoms with Crippen molar-refractivity contribution < 1.29 is 14.2 Å². The second-order valence-corrected chi connectivity index (χ2v) is 3.32. The summed E-state index contributed by atoms with van der Waals surface area (Å²) in [6, 6.07) is 4.51. The van der Waals surface area contributed by atoms with Crippen molar-refractivity contribution in [2.45, 2.75) is 13.0 Å². The SMILES string of the molecule is Cc1ccc(F)cc1C(CN)OCCO. The Labute approximate surface area is 88.7 Å². The standard InChI is InChI=1S/C11H16FNO2/c1-8-2-3-9(12)6-10(8)11(7-13)15-5-4-14/h2-3,6,11,14H,4-5,7,13H2,1H3. The van der Waals surface area contributed by atoms with E-state index in [9.17, 15) is 4.39 Å². The predicted octanol–water partition coefficient (Wildman–Crippen LogP) is 1.14. The number of benzene rings is 1. The van der Waals surface area contributed by atoms with Gasteiger partial charge in [-0.25, -0.2) is 4.39 Å². The Hall–Kier alpha value is -0.970. The lowest BCUT2D eigenvalue weighted by Gasteiger charge is -2.17. The number of nitrogens with two attached hydrogens (primary N) is 1. The van der Waals surface area contributed by atoms with E-state index in [2.05, 4.69) is 0 Å². The molecule has 1 atom stereocenters. The average Bonchev–Trinajstić information content (AvgIpc) is 2.24. The first-order valence-electron chi connectivity index (χ1n) is 4.87. The summed E-state index contributed by atoms with van der Waals surface area (Å²) in [5.74, 6) is -0.304. The number of aliphatic hydroxyl groups is 1. The molecule has 15 heavy (non-hydrogen) atoms. The number of aliphatic hydroxyl groups excluding tert-OH is 1. The van der Waals surface area contributed by atoms with Gasteiger partial charge in [0.05, 0.1) is 19.3 Å². The molecule has 0 spiro atoms. The highest BCUT2D eigenvalue weighted by Gasteiger charge is 2.13. The van der Waals surface area contributed by atoms with Crippen molar-refractivity contribution in [3.63, 3.8) is 0 Å². The molecule has 4 heteroatoms. The van der Waals surface area contributed by atoms with Crippen LogP contribution >= 0.6 is 0 Å². The van der Waals surface area contributed by atoms with E-state index in [0.717, 1.165) is 11.1 Å². The number of ether oxygens (including phenoxy) is 1. The Bertz CT molecular complexity index is 317. The zero-order chi connectivity index (χ0) is 11.3. The molecule has 3 N–H and O–H groups in total. The molecule has 0 saturated heterocycles. The molecule has 0 amide bonds. The number of rotatable bonds is 5. The van der Waals surface area contributed by atoms with Crippen LogP contribution in [0.4, 0.5) is 4.39 Å². The summed E-state index contributed by atoms with van der Waals surface area (Å²) in [5.41, 5.74) is 7.21. The van der Waals surface area contributed by atoms with E-state index in [4.69, 9.17) is 15.6 Å². The minimum absolute atomic E-state index is 0.0646. The molecule has 1 rings (SSSR count). The fraction of sp³-hybridized carbons (Fsp3) is 0.455. The summed E-state index contributed by atoms with van der Waals surface area (Å²) >= 11 is 0. The lowest BCUT2D eigenvalue weighted by molar-refractivity contribution is 0.0324. The Morgan fingerprint density at radius 1 is 1.53 bits per heavy atom. The van der Waals surface area contributed by atoms with Crippen molar-refractivity contribution in [1.82, 2.24) is 0 Å². The fourth-order valence-electron chi connectivity index (χ4n) is 1.44. The number of halogens is 1. The molecule has 1 unspecified atom stereocenters. The Morgan fingerprint density at radius 2 is 2.27 bits per heavy atom. The van der Waals surface area contributed by atoms with Crippen molar-refractivity contribution in [2.75, 3.05) is 19.8 Å². The maximum atomic E-state index is 13.0. The molecule has 3 nitrogen and oxygen atoms in total. The van der Waals surface area contributed by atoms with Crippen LogP contribution in [-0.4, -0.2) is 24.9 Å². The van der Waals surface area contributed by atoms with E-state index in [0.29, 0.717) is 0 Å². The van der Waals surface area contributed by atoms with E-state index in [1.54, 1.807) is 6.07 Å². The number of hydrogen-bond donors (Lipinski definition) is 2. The highest BCUT2D eigenvalue weighted by Crippen LogP contribution is 2.21. The zero-order valence-corrected chi connectivity index (χ0v) is 8.74. The van der Waals surface area contributed by atoms with Crippen LogP contribution in [0.15, 0.2) is 18.2 Å². The highest BCUT2D eigenvalue weighted by molar-refractivity contribution is 5.28. The summed E-state index contributed by atoms with van der Waals surface area (Å²) in [4.78, 5) is 0. The third-order valence-corrected chi connectivity index (χ3v) is 2.21. The van der Waals surface area contributed by atoms with Gasteiger partial charge in [0.1, 0.15) is 5.82 Å². The third-order valence-electron chi connectivity index (χ3n) is 2.21. The minimum Gasteiger partial charge on any atom is -0.394 e. The average molecular weight is 213 g/mol. The molecule has 0 aliphatic carbocycles. The Morgan fingerprint density at radius 3 is 2.87 bits per heavy atom. The van der Waals surface area contributed by atoms with Crippen LogP contribution < -0.4 is 5.73 Å². The van der Waals surface area contributed by atoms with Crippen LogP contribution in [0.2, 0.25) is 0 Å². The van der Waals surface area contributed by atoms with Gasteiger partial charge in [-0.05, 0) is 30.2 Å². The first kappa shape index (κ1) is 12.1. The molecule has 0 heterocycles. The van der Waals surface area contributed by atoms with Gasteiger partial charge in [0.25, 0.3) is 0 Å². The smallest absolute Gasteiger partial charge is 0.123 e. The first-order valence-corrected chi connectivity index (χ1v) is 4.87. The maximum absolute atomic E-state index is 13.0. The molecule has 0 saturated carbocycles. The molecule has 0 fully saturated rings. The third kappa shape index (κ3) is 3.27. The van der Waals surface area contributed by atoms with Crippen LogP contribution in [0.3, 0.4) is 0 Å². The Balaban J connectivity index is 2.85. The molecule has 0 bridgehead atoms. The zero-order valence-electron chi connectivity index (χ0n) is 8.74. The van der Waals surface area contributed by atoms with Gasteiger partial charge in [0.15, 0.2) is 0 Å². The van der Waals surface area contributed by atoms with Crippen LogP contribution in [0.25, 0.3) is 0 Å². The van der Waals surface area contributed by atoms with Crippen molar-refractivity contribution >= 4 is 0 Å². The summed E-state index contributed by atoms with van der Waals surface area (Å²) in [7, 11) is 0. The van der Waals surface area contributed by atoms with Gasteiger partial charge in [-0.2, -0.15) is 0 Å². The van der Waals surface area contributed by atoms with Crippen molar-refractivity contribution in [3.05, 3.63) is 35.1 Å². The van der Waals surface area contributed by atoms with Crippen LogP contribution in [0.1, 0.15) is 17.2 Å². The molecule has 0 aliphatic heterocycles. The maximum Gasteiger partial charge on any atom is 0.123 e. The minimum atomic E-state index is -0.354. The summed E-state index contributed by atoms with van der Waals surface area (Å²) in [5, 5.41) is 8.64. The van der Waals surface area contributed by atoms with Crippen molar-refractivity contribution in [1.29, 1.82) is 0 Å². The predicted molar refractivity (Wildman–Crippen MR) is 56.0 cm³/mol. The van der Waals surface area contributed by atoms with Gasteiger partial charge in [0, 0.05) is 6.54 Å². The second kappa shape index (κ2) is 5.80. The van der Waals surface area contributed by atoms with Gasteiger partial charge in [-0.1, -0.05) is 6.07 Å². The topological polar surface area (TPSA) is 55.5 Å². The van der Waals surface area contributed by atoms with Gasteiger partial charge in [-0.15, -0.1) is 0 Å². The molecule has 1 aromatic carbocycles. The van der Waals surface area contributed by atoms with Crippen LogP contribution in [-0.2, 0) is 4.74 Å². The van der Waals surface area contributed by atoms with Gasteiger partial charge in [-0.3, -0.25) is 0 Å². The number of aryl methyl sites for hydroxylation is 1. The lowest BCUT2D eigenvalue weighted by atomic mass is 10.0. The molecular weight excluding hydrogens is 197 g/mol. The molecule has 84 valence electrons. The van der Waals surface area contributed by atoms with Crippen molar-refractivity contribution in [3.8, 4) is 0 Å². The van der Waals surface area contributed by atoms with Crippen molar-refractivity contribution in [2.24, 2.45) is 5.73 Å². The second-order valence-electron chi connectivity index (χ2n) is 3.32. The molecule has 0 radical (unpaired) electrons. The Kier molecular flexibility index (Phi) is 4.68. The quantitative estimate of drug-likeness (QED) is 0.771. The lowest BCUT2D eigenvalue weighted by Crippen LogP contribution is -2.18. The van der Waals surface area contributed by atoms with Gasteiger partial charge < -0.3 is 15.6 Å². The molecule has 0 aliphatic rings. The molecule has 0 aromatic heterocycles. The van der Waals surface area contributed by atoms with Gasteiger partial charge >= 0.3 is 0 Å². The number of hydrogen-bond acceptors (Lipinski definition) is 3. The van der Waals surface area contributed by atoms with E-state index < -0.39 is 0 Å². The van der Waals surface area contributed by atoms with E-state index in [1.807, 2.05) is 6.92 Å². The molecular formula is C11H16FNO2. The highest BCUT2D eigenvalue weighted by atomic mass is 19.1. The van der Waals surface area contributed by atoms with E-state index in [-0.39, 0.29) is 31.7 Å². The largest absolute Gasteiger partial charge is 0.394 e. The normalized spacial score (nSPS) is 12.8. The van der Waals surface area contributed by atoms with E-state index >= 15 is 0 Å². The van der Waals surface area contributed by atoms with E-state index in [1.165, 1.54) is 12.1 Å². The van der Waals surface area contributed by atoms with Gasteiger partial charge in [0.2, 0.25) is 0 Å². The van der Waals surface area contributed by atoms with Crippen LogP contribution in [0.5, 0.6) is 0 Å². The summed E-state index contributed by atoms with van der Waals surface area (Å²) in [6.07, 6.45) is -0.354. The fourth-order valence-corrected chi connectivity index (χ4v) is 1.44.